The van der Waals surface area contributed by atoms with Crippen LogP contribution in [0.4, 0.5) is 0 Å². The van der Waals surface area contributed by atoms with Crippen molar-refractivity contribution in [3.8, 4) is 33.8 Å². The van der Waals surface area contributed by atoms with E-state index in [9.17, 15) is 0 Å². The summed E-state index contributed by atoms with van der Waals surface area (Å²) >= 11 is 0. The smallest absolute Gasteiger partial charge is 0.168 e. The van der Waals surface area contributed by atoms with Gasteiger partial charge in [-0.25, -0.2) is 0 Å². The highest BCUT2D eigenvalue weighted by atomic mass is 16.5. The van der Waals surface area contributed by atoms with Crippen LogP contribution < -0.4 is 9.47 Å². The van der Waals surface area contributed by atoms with Crippen LogP contribution in [0.5, 0.6) is 11.5 Å². The Labute approximate surface area is 207 Å². The van der Waals surface area contributed by atoms with Crippen molar-refractivity contribution in [3.05, 3.63) is 114 Å². The molecular weight excluding hydrogens is 430 g/mol. The summed E-state index contributed by atoms with van der Waals surface area (Å²) in [4.78, 5) is 4.78. The molecule has 0 aliphatic carbocycles. The number of hydrogen-bond donors (Lipinski definition) is 0. The van der Waals surface area contributed by atoms with Crippen LogP contribution in [0.15, 0.2) is 91.1 Å². The van der Waals surface area contributed by atoms with E-state index in [0.29, 0.717) is 0 Å². The Hall–Kier alpha value is -4.11. The monoisotopic (exact) mass is 459 g/mol. The predicted molar refractivity (Wildman–Crippen MR) is 144 cm³/mol. The summed E-state index contributed by atoms with van der Waals surface area (Å²) in [6.45, 7) is 4.39. The van der Waals surface area contributed by atoms with E-state index < -0.39 is 0 Å². The molecule has 35 heavy (non-hydrogen) atoms. The molecule has 0 N–H and O–H groups in total. The molecule has 0 amide bonds. The first-order valence-corrected chi connectivity index (χ1v) is 11.8. The summed E-state index contributed by atoms with van der Waals surface area (Å²) < 4.78 is 11.2. The van der Waals surface area contributed by atoms with Crippen molar-refractivity contribution in [2.75, 3.05) is 14.2 Å². The highest BCUT2D eigenvalue weighted by molar-refractivity contribution is 5.92. The topological polar surface area (TPSA) is 31.4 Å². The van der Waals surface area contributed by atoms with E-state index in [0.717, 1.165) is 34.4 Å². The van der Waals surface area contributed by atoms with Crippen LogP contribution in [0, 0.1) is 13.8 Å². The van der Waals surface area contributed by atoms with E-state index in [1.807, 2.05) is 24.4 Å². The fourth-order valence-corrected chi connectivity index (χ4v) is 4.84. The lowest BCUT2D eigenvalue weighted by molar-refractivity contribution is 0.358. The molecule has 0 bridgehead atoms. The average Bonchev–Trinajstić information content (AvgIpc) is 2.91. The van der Waals surface area contributed by atoms with E-state index in [4.69, 9.17) is 14.5 Å². The molecule has 174 valence electrons. The fraction of sp³-hybridized carbons (Fsp3) is 0.156. The molecule has 5 rings (SSSR count). The van der Waals surface area contributed by atoms with Crippen molar-refractivity contribution in [2.45, 2.75) is 20.3 Å². The third kappa shape index (κ3) is 4.26. The van der Waals surface area contributed by atoms with Crippen LogP contribution in [0.3, 0.4) is 0 Å². The lowest BCUT2D eigenvalue weighted by atomic mass is 9.88. The van der Waals surface area contributed by atoms with Gasteiger partial charge in [0.2, 0.25) is 0 Å². The number of hydrogen-bond acceptors (Lipinski definition) is 3. The molecular formula is C32H29NO2. The van der Waals surface area contributed by atoms with Crippen molar-refractivity contribution in [2.24, 2.45) is 0 Å². The zero-order valence-electron chi connectivity index (χ0n) is 20.6. The second-order valence-electron chi connectivity index (χ2n) is 8.82. The van der Waals surface area contributed by atoms with Crippen molar-refractivity contribution >= 4 is 10.8 Å². The molecule has 4 aromatic carbocycles. The number of nitrogens with zero attached hydrogens (tertiary/aromatic N) is 1. The summed E-state index contributed by atoms with van der Waals surface area (Å²) in [5, 5.41) is 2.09. The van der Waals surface area contributed by atoms with Crippen molar-refractivity contribution in [1.82, 2.24) is 4.98 Å². The number of fused-ring (bicyclic) bond motifs is 1. The minimum Gasteiger partial charge on any atom is -0.493 e. The van der Waals surface area contributed by atoms with Crippen molar-refractivity contribution < 1.29 is 9.47 Å². The Morgan fingerprint density at radius 2 is 1.37 bits per heavy atom. The van der Waals surface area contributed by atoms with Gasteiger partial charge in [0.25, 0.3) is 0 Å². The van der Waals surface area contributed by atoms with Gasteiger partial charge in [-0.1, -0.05) is 66.7 Å². The minimum atomic E-state index is 0.725. The summed E-state index contributed by atoms with van der Waals surface area (Å²) in [5.41, 5.74) is 9.82. The number of aryl methyl sites for hydroxylation is 1. The second kappa shape index (κ2) is 9.63. The van der Waals surface area contributed by atoms with E-state index in [1.165, 1.54) is 38.9 Å². The maximum Gasteiger partial charge on any atom is 0.168 e. The maximum absolute atomic E-state index is 5.68. The second-order valence-corrected chi connectivity index (χ2v) is 8.82. The van der Waals surface area contributed by atoms with E-state index in [1.54, 1.807) is 14.2 Å². The number of ether oxygens (including phenoxy) is 2. The van der Waals surface area contributed by atoms with Crippen molar-refractivity contribution in [1.29, 1.82) is 0 Å². The van der Waals surface area contributed by atoms with Gasteiger partial charge in [-0.05, 0) is 71.0 Å². The normalized spacial score (nSPS) is 11.0. The van der Waals surface area contributed by atoms with Crippen molar-refractivity contribution in [3.63, 3.8) is 0 Å². The van der Waals surface area contributed by atoms with Crippen LogP contribution in [-0.4, -0.2) is 19.2 Å². The van der Waals surface area contributed by atoms with Gasteiger partial charge in [-0.2, -0.15) is 0 Å². The third-order valence-electron chi connectivity index (χ3n) is 6.83. The Bertz CT molecular complexity index is 1490. The Morgan fingerprint density at radius 1 is 0.657 bits per heavy atom. The zero-order chi connectivity index (χ0) is 24.4. The number of benzene rings is 4. The van der Waals surface area contributed by atoms with Gasteiger partial charge >= 0.3 is 0 Å². The van der Waals surface area contributed by atoms with Gasteiger partial charge in [-0.15, -0.1) is 0 Å². The predicted octanol–water partition coefficient (Wildman–Crippen LogP) is 7.79. The standard InChI is InChI=1S/C32H29NO2/c1-21-10-11-26(20-29-27-16-17-30(34-3)32(35-4)28(27)18-19-33-29)31(22(21)2)25-14-12-24(13-15-25)23-8-6-5-7-9-23/h5-19H,20H2,1-4H3. The number of pyridine rings is 1. The minimum absolute atomic E-state index is 0.725. The molecule has 0 radical (unpaired) electrons. The Kier molecular flexibility index (Phi) is 6.24. The van der Waals surface area contributed by atoms with E-state index in [2.05, 4.69) is 80.6 Å². The van der Waals surface area contributed by atoms with E-state index >= 15 is 0 Å². The average molecular weight is 460 g/mol. The molecule has 0 spiro atoms. The van der Waals surface area contributed by atoms with Gasteiger partial charge in [0.1, 0.15) is 0 Å². The number of methoxy groups -OCH3 is 2. The molecule has 1 aromatic heterocycles. The van der Waals surface area contributed by atoms with Crippen LogP contribution in [0.25, 0.3) is 33.0 Å². The van der Waals surface area contributed by atoms with Crippen LogP contribution in [0.1, 0.15) is 22.4 Å². The number of aromatic nitrogens is 1. The molecule has 0 saturated carbocycles. The quantitative estimate of drug-likeness (QED) is 0.260. The molecule has 0 aliphatic rings. The first kappa shape index (κ1) is 22.7. The lowest BCUT2D eigenvalue weighted by Crippen LogP contribution is -2.00. The lowest BCUT2D eigenvalue weighted by Gasteiger charge is -2.17. The first-order valence-electron chi connectivity index (χ1n) is 11.8. The summed E-state index contributed by atoms with van der Waals surface area (Å²) in [6.07, 6.45) is 2.58. The van der Waals surface area contributed by atoms with Crippen LogP contribution >= 0.6 is 0 Å². The van der Waals surface area contributed by atoms with Gasteiger partial charge in [0, 0.05) is 23.4 Å². The van der Waals surface area contributed by atoms with Gasteiger partial charge < -0.3 is 9.47 Å². The largest absolute Gasteiger partial charge is 0.493 e. The molecule has 0 atom stereocenters. The Balaban J connectivity index is 1.59. The molecule has 1 heterocycles. The summed E-state index contributed by atoms with van der Waals surface area (Å²) in [6, 6.07) is 29.9. The van der Waals surface area contributed by atoms with Gasteiger partial charge in [0.15, 0.2) is 11.5 Å². The molecule has 0 aliphatic heterocycles. The maximum atomic E-state index is 5.68. The Morgan fingerprint density at radius 3 is 2.09 bits per heavy atom. The molecule has 3 nitrogen and oxygen atoms in total. The van der Waals surface area contributed by atoms with Crippen LogP contribution in [0.2, 0.25) is 0 Å². The van der Waals surface area contributed by atoms with E-state index in [-0.39, 0.29) is 0 Å². The fourth-order valence-electron chi connectivity index (χ4n) is 4.84. The molecule has 0 fully saturated rings. The zero-order valence-corrected chi connectivity index (χ0v) is 20.6. The molecule has 3 heteroatoms. The first-order chi connectivity index (χ1) is 17.1. The summed E-state index contributed by atoms with van der Waals surface area (Å²) in [7, 11) is 3.34. The van der Waals surface area contributed by atoms with Crippen LogP contribution in [-0.2, 0) is 6.42 Å². The van der Waals surface area contributed by atoms with Gasteiger partial charge in [0.05, 0.1) is 19.9 Å². The highest BCUT2D eigenvalue weighted by Crippen LogP contribution is 2.38. The SMILES string of the molecule is COc1ccc2c(Cc3ccc(C)c(C)c3-c3ccc(-c4ccccc4)cc3)nccc2c1OC. The highest BCUT2D eigenvalue weighted by Gasteiger charge is 2.16. The van der Waals surface area contributed by atoms with Gasteiger partial charge in [-0.3, -0.25) is 4.98 Å². The molecule has 0 unspecified atom stereocenters. The third-order valence-corrected chi connectivity index (χ3v) is 6.83. The number of rotatable bonds is 6. The summed E-state index contributed by atoms with van der Waals surface area (Å²) in [5.74, 6) is 1.47. The molecule has 0 saturated heterocycles. The molecule has 5 aromatic rings.